The van der Waals surface area contributed by atoms with Crippen molar-refractivity contribution in [2.75, 3.05) is 0 Å². The van der Waals surface area contributed by atoms with E-state index in [2.05, 4.69) is 0 Å². The van der Waals surface area contributed by atoms with Crippen LogP contribution in [0.1, 0.15) is 10.5 Å². The number of carbonyl (C=O) groups is 1. The molecule has 1 aromatic carbocycles. The Labute approximate surface area is 87.2 Å². The molecule has 0 bridgehead atoms. The normalized spacial score (nSPS) is 9.87. The molecule has 3 nitrogen and oxygen atoms in total. The van der Waals surface area contributed by atoms with Crippen LogP contribution < -0.4 is 4.57 Å². The third-order valence-corrected chi connectivity index (χ3v) is 2.11. The SMILES string of the molecule is O=C(O)c1cccc[n+]1-c1ccccc1. The van der Waals surface area contributed by atoms with Crippen LogP contribution in [0.4, 0.5) is 0 Å². The van der Waals surface area contributed by atoms with Gasteiger partial charge in [-0.25, -0.2) is 4.79 Å². The maximum atomic E-state index is 11.0. The molecule has 0 unspecified atom stereocenters. The first-order valence-corrected chi connectivity index (χ1v) is 4.58. The lowest BCUT2D eigenvalue weighted by Gasteiger charge is -1.98. The van der Waals surface area contributed by atoms with Gasteiger partial charge in [0.15, 0.2) is 6.20 Å². The molecule has 0 aliphatic rings. The summed E-state index contributed by atoms with van der Waals surface area (Å²) in [7, 11) is 0. The number of rotatable bonds is 2. The van der Waals surface area contributed by atoms with E-state index in [1.165, 1.54) is 0 Å². The molecule has 0 saturated heterocycles. The zero-order valence-electron chi connectivity index (χ0n) is 8.00. The van der Waals surface area contributed by atoms with E-state index in [1.54, 1.807) is 29.0 Å². The predicted molar refractivity (Wildman–Crippen MR) is 54.9 cm³/mol. The fourth-order valence-electron chi connectivity index (χ4n) is 1.43. The fourth-order valence-corrected chi connectivity index (χ4v) is 1.43. The van der Waals surface area contributed by atoms with Crippen molar-refractivity contribution in [3.8, 4) is 5.69 Å². The number of carboxylic acids is 1. The molecule has 3 heteroatoms. The summed E-state index contributed by atoms with van der Waals surface area (Å²) < 4.78 is 1.64. The van der Waals surface area contributed by atoms with Crippen molar-refractivity contribution in [1.29, 1.82) is 0 Å². The van der Waals surface area contributed by atoms with E-state index in [9.17, 15) is 4.79 Å². The lowest BCUT2D eigenvalue weighted by molar-refractivity contribution is -0.598. The Morgan fingerprint density at radius 1 is 1.00 bits per heavy atom. The fraction of sp³-hybridized carbons (Fsp3) is 0. The van der Waals surface area contributed by atoms with Gasteiger partial charge in [0.25, 0.3) is 5.69 Å². The number of aromatic nitrogens is 1. The molecule has 0 saturated carbocycles. The van der Waals surface area contributed by atoms with Crippen LogP contribution in [0, 0.1) is 0 Å². The number of pyridine rings is 1. The number of carboxylic acid groups (broad SMARTS) is 1. The van der Waals surface area contributed by atoms with Gasteiger partial charge in [-0.15, -0.1) is 0 Å². The molecule has 0 aliphatic heterocycles. The summed E-state index contributed by atoms with van der Waals surface area (Å²) >= 11 is 0. The minimum absolute atomic E-state index is 0.253. The highest BCUT2D eigenvalue weighted by molar-refractivity contribution is 5.83. The molecule has 0 atom stereocenters. The van der Waals surface area contributed by atoms with Crippen molar-refractivity contribution >= 4 is 5.97 Å². The first-order chi connectivity index (χ1) is 7.29. The number of benzene rings is 1. The second-order valence-corrected chi connectivity index (χ2v) is 3.10. The van der Waals surface area contributed by atoms with Crippen LogP contribution in [0.25, 0.3) is 5.69 Å². The quantitative estimate of drug-likeness (QED) is 0.749. The van der Waals surface area contributed by atoms with Gasteiger partial charge < -0.3 is 5.11 Å². The first kappa shape index (κ1) is 9.40. The Hall–Kier alpha value is -2.16. The van der Waals surface area contributed by atoms with Gasteiger partial charge in [-0.1, -0.05) is 18.2 Å². The van der Waals surface area contributed by atoms with Gasteiger partial charge in [-0.3, -0.25) is 0 Å². The summed E-state index contributed by atoms with van der Waals surface area (Å²) in [5, 5.41) is 9.01. The van der Waals surface area contributed by atoms with Crippen molar-refractivity contribution < 1.29 is 14.5 Å². The molecular weight excluding hydrogens is 190 g/mol. The molecule has 2 aromatic rings. The third kappa shape index (κ3) is 1.86. The molecule has 74 valence electrons. The van der Waals surface area contributed by atoms with E-state index in [0.29, 0.717) is 0 Å². The van der Waals surface area contributed by atoms with Crippen LogP contribution >= 0.6 is 0 Å². The van der Waals surface area contributed by atoms with Crippen molar-refractivity contribution in [1.82, 2.24) is 0 Å². The Morgan fingerprint density at radius 2 is 1.67 bits per heavy atom. The van der Waals surface area contributed by atoms with E-state index in [1.807, 2.05) is 30.3 Å². The molecular formula is C12H10NO2+. The molecule has 1 N–H and O–H groups in total. The van der Waals surface area contributed by atoms with Crippen LogP contribution in [-0.2, 0) is 0 Å². The van der Waals surface area contributed by atoms with E-state index >= 15 is 0 Å². The number of hydrogen-bond acceptors (Lipinski definition) is 1. The summed E-state index contributed by atoms with van der Waals surface area (Å²) in [6, 6.07) is 14.5. The van der Waals surface area contributed by atoms with Gasteiger partial charge in [-0.05, 0) is 6.07 Å². The largest absolute Gasteiger partial charge is 0.473 e. The Morgan fingerprint density at radius 3 is 2.33 bits per heavy atom. The van der Waals surface area contributed by atoms with E-state index in [0.717, 1.165) is 5.69 Å². The van der Waals surface area contributed by atoms with Crippen molar-refractivity contribution in [2.24, 2.45) is 0 Å². The van der Waals surface area contributed by atoms with Gasteiger partial charge in [0.1, 0.15) is 0 Å². The van der Waals surface area contributed by atoms with Gasteiger partial charge in [0.2, 0.25) is 5.69 Å². The molecule has 0 aliphatic carbocycles. The average Bonchev–Trinajstić information content (AvgIpc) is 2.30. The summed E-state index contributed by atoms with van der Waals surface area (Å²) in [5.41, 5.74) is 1.10. The minimum atomic E-state index is -0.931. The van der Waals surface area contributed by atoms with Crippen molar-refractivity contribution in [3.05, 3.63) is 60.4 Å². The highest BCUT2D eigenvalue weighted by Gasteiger charge is 2.18. The van der Waals surface area contributed by atoms with Crippen LogP contribution in [0.3, 0.4) is 0 Å². The highest BCUT2D eigenvalue weighted by Crippen LogP contribution is 2.01. The summed E-state index contributed by atoms with van der Waals surface area (Å²) in [5.74, 6) is -0.931. The van der Waals surface area contributed by atoms with Crippen LogP contribution in [0.2, 0.25) is 0 Å². The lowest BCUT2D eigenvalue weighted by atomic mass is 10.2. The lowest BCUT2D eigenvalue weighted by Crippen LogP contribution is -2.37. The third-order valence-electron chi connectivity index (χ3n) is 2.11. The Balaban J connectivity index is 2.58. The van der Waals surface area contributed by atoms with Crippen LogP contribution in [0.15, 0.2) is 54.7 Å². The van der Waals surface area contributed by atoms with E-state index < -0.39 is 5.97 Å². The standard InChI is InChI=1S/C12H9NO2/c14-12(15)11-8-4-5-9-13(11)10-6-2-1-3-7-10/h1-9H/p+1. The monoisotopic (exact) mass is 200 g/mol. The van der Waals surface area contributed by atoms with Gasteiger partial charge in [0.05, 0.1) is 0 Å². The van der Waals surface area contributed by atoms with E-state index in [-0.39, 0.29) is 5.69 Å². The number of hydrogen-bond donors (Lipinski definition) is 1. The molecule has 2 rings (SSSR count). The average molecular weight is 200 g/mol. The van der Waals surface area contributed by atoms with Crippen molar-refractivity contribution in [3.63, 3.8) is 0 Å². The topological polar surface area (TPSA) is 41.2 Å². The second kappa shape index (κ2) is 3.92. The zero-order valence-corrected chi connectivity index (χ0v) is 8.00. The molecule has 15 heavy (non-hydrogen) atoms. The minimum Gasteiger partial charge on any atom is -0.473 e. The molecule has 1 heterocycles. The maximum Gasteiger partial charge on any atom is 0.401 e. The Kier molecular flexibility index (Phi) is 2.46. The summed E-state index contributed by atoms with van der Waals surface area (Å²) in [4.78, 5) is 11.0. The van der Waals surface area contributed by atoms with Gasteiger partial charge in [0, 0.05) is 24.3 Å². The number of nitrogens with zero attached hydrogens (tertiary/aromatic N) is 1. The van der Waals surface area contributed by atoms with E-state index in [4.69, 9.17) is 5.11 Å². The Bertz CT molecular complexity index is 480. The predicted octanol–water partition coefficient (Wildman–Crippen LogP) is 1.66. The summed E-state index contributed by atoms with van der Waals surface area (Å²) in [6.45, 7) is 0. The van der Waals surface area contributed by atoms with Crippen LogP contribution in [-0.4, -0.2) is 11.1 Å². The molecule has 0 spiro atoms. The smallest absolute Gasteiger partial charge is 0.401 e. The summed E-state index contributed by atoms with van der Waals surface area (Å²) in [6.07, 6.45) is 1.73. The molecule has 1 aromatic heterocycles. The van der Waals surface area contributed by atoms with Crippen molar-refractivity contribution in [2.45, 2.75) is 0 Å². The maximum absolute atomic E-state index is 11.0. The number of aromatic carboxylic acids is 1. The molecule has 0 amide bonds. The van der Waals surface area contributed by atoms with Crippen LogP contribution in [0.5, 0.6) is 0 Å². The van der Waals surface area contributed by atoms with Gasteiger partial charge >= 0.3 is 5.97 Å². The second-order valence-electron chi connectivity index (χ2n) is 3.10. The van der Waals surface area contributed by atoms with Gasteiger partial charge in [-0.2, -0.15) is 4.57 Å². The molecule has 0 fully saturated rings. The zero-order chi connectivity index (χ0) is 10.7. The molecule has 0 radical (unpaired) electrons. The highest BCUT2D eigenvalue weighted by atomic mass is 16.4. The first-order valence-electron chi connectivity index (χ1n) is 4.58. The number of para-hydroxylation sites is 1.